The van der Waals surface area contributed by atoms with E-state index >= 15 is 0 Å². The number of benzene rings is 1. The Morgan fingerprint density at radius 1 is 1.38 bits per heavy atom. The highest BCUT2D eigenvalue weighted by atomic mass is 32.2. The van der Waals surface area contributed by atoms with Crippen LogP contribution in [0.3, 0.4) is 0 Å². The number of thioether (sulfide) groups is 1. The zero-order valence-corrected chi connectivity index (χ0v) is 10.2. The molecule has 2 nitrogen and oxygen atoms in total. The summed E-state index contributed by atoms with van der Waals surface area (Å²) in [5, 5.41) is 1.13. The van der Waals surface area contributed by atoms with E-state index in [-0.39, 0.29) is 0 Å². The van der Waals surface area contributed by atoms with Gasteiger partial charge < -0.3 is 4.74 Å². The Labute approximate surface area is 100 Å². The van der Waals surface area contributed by atoms with Crippen molar-refractivity contribution < 1.29 is 4.74 Å². The quantitative estimate of drug-likeness (QED) is 0.799. The lowest BCUT2D eigenvalue weighted by atomic mass is 10.2. The van der Waals surface area contributed by atoms with Crippen molar-refractivity contribution in [2.24, 2.45) is 4.99 Å². The van der Waals surface area contributed by atoms with Gasteiger partial charge >= 0.3 is 0 Å². The van der Waals surface area contributed by atoms with Crippen LogP contribution in [0.5, 0.6) is 5.75 Å². The number of nitrogens with zero attached hydrogens (tertiary/aromatic N) is 1. The van der Waals surface area contributed by atoms with Gasteiger partial charge in [0.2, 0.25) is 0 Å². The van der Waals surface area contributed by atoms with Gasteiger partial charge in [0.15, 0.2) is 0 Å². The van der Waals surface area contributed by atoms with Gasteiger partial charge in [0.05, 0.1) is 12.2 Å². The molecule has 0 unspecified atom stereocenters. The van der Waals surface area contributed by atoms with E-state index in [0.29, 0.717) is 0 Å². The standard InChI is InChI=1S/C13H15NOS/c1-15-12-5-2-4-11(10-12)6-7-13-14-8-3-9-16-13/h2,4-7,10H,3,8-9H2,1H3/b7-6+. The van der Waals surface area contributed by atoms with E-state index in [4.69, 9.17) is 4.74 Å². The van der Waals surface area contributed by atoms with Crippen LogP contribution in [0, 0.1) is 0 Å². The molecule has 0 saturated carbocycles. The summed E-state index contributed by atoms with van der Waals surface area (Å²) < 4.78 is 5.18. The molecule has 0 aromatic heterocycles. The van der Waals surface area contributed by atoms with Crippen LogP contribution in [-0.2, 0) is 0 Å². The van der Waals surface area contributed by atoms with Crippen molar-refractivity contribution in [2.45, 2.75) is 6.42 Å². The Balaban J connectivity index is 2.07. The minimum atomic E-state index is 0.889. The highest BCUT2D eigenvalue weighted by Crippen LogP contribution is 2.17. The average molecular weight is 233 g/mol. The van der Waals surface area contributed by atoms with Gasteiger partial charge in [-0.1, -0.05) is 18.2 Å². The maximum Gasteiger partial charge on any atom is 0.119 e. The summed E-state index contributed by atoms with van der Waals surface area (Å²) in [4.78, 5) is 4.45. The fraction of sp³-hybridized carbons (Fsp3) is 0.308. The molecule has 1 aromatic carbocycles. The molecule has 2 rings (SSSR count). The fourth-order valence-electron chi connectivity index (χ4n) is 1.49. The molecule has 0 atom stereocenters. The molecular formula is C13H15NOS. The molecule has 1 heterocycles. The first-order chi connectivity index (χ1) is 7.88. The zero-order chi connectivity index (χ0) is 11.2. The van der Waals surface area contributed by atoms with E-state index in [1.54, 1.807) is 7.11 Å². The van der Waals surface area contributed by atoms with Gasteiger partial charge in [-0.25, -0.2) is 0 Å². The first-order valence-electron chi connectivity index (χ1n) is 5.38. The van der Waals surface area contributed by atoms with Crippen LogP contribution in [0.25, 0.3) is 6.08 Å². The van der Waals surface area contributed by atoms with Gasteiger partial charge in [0, 0.05) is 12.3 Å². The largest absolute Gasteiger partial charge is 0.497 e. The lowest BCUT2D eigenvalue weighted by Crippen LogP contribution is -2.00. The Bertz CT molecular complexity index is 412. The summed E-state index contributed by atoms with van der Waals surface area (Å²) >= 11 is 1.82. The summed E-state index contributed by atoms with van der Waals surface area (Å²) in [6.07, 6.45) is 5.36. The van der Waals surface area contributed by atoms with Gasteiger partial charge in [-0.15, -0.1) is 11.8 Å². The number of ether oxygens (including phenoxy) is 1. The molecule has 0 N–H and O–H groups in total. The molecule has 1 aliphatic heterocycles. The summed E-state index contributed by atoms with van der Waals surface area (Å²) in [5.41, 5.74) is 1.15. The second kappa shape index (κ2) is 5.75. The SMILES string of the molecule is COc1cccc(/C=C/C2=NCCCS2)c1. The van der Waals surface area contributed by atoms with Crippen molar-refractivity contribution in [3.8, 4) is 5.75 Å². The first kappa shape index (κ1) is 11.3. The summed E-state index contributed by atoms with van der Waals surface area (Å²) in [6.45, 7) is 0.963. The van der Waals surface area contributed by atoms with E-state index in [1.165, 1.54) is 12.2 Å². The number of hydrogen-bond donors (Lipinski definition) is 0. The van der Waals surface area contributed by atoms with E-state index in [1.807, 2.05) is 30.0 Å². The van der Waals surface area contributed by atoms with Crippen LogP contribution in [0.4, 0.5) is 0 Å². The van der Waals surface area contributed by atoms with Crippen LogP contribution in [0.1, 0.15) is 12.0 Å². The number of methoxy groups -OCH3 is 1. The average Bonchev–Trinajstić information content (AvgIpc) is 2.38. The maximum absolute atomic E-state index is 5.18. The van der Waals surface area contributed by atoms with Crippen LogP contribution in [0.2, 0.25) is 0 Å². The second-order valence-electron chi connectivity index (χ2n) is 3.53. The van der Waals surface area contributed by atoms with Gasteiger partial charge in [-0.05, 0) is 30.2 Å². The fourth-order valence-corrected chi connectivity index (χ4v) is 2.32. The third-order valence-electron chi connectivity index (χ3n) is 2.33. The molecule has 1 aliphatic rings. The van der Waals surface area contributed by atoms with Gasteiger partial charge in [-0.2, -0.15) is 0 Å². The second-order valence-corrected chi connectivity index (χ2v) is 4.65. The normalized spacial score (nSPS) is 16.2. The third kappa shape index (κ3) is 3.14. The monoisotopic (exact) mass is 233 g/mol. The van der Waals surface area contributed by atoms with Crippen molar-refractivity contribution >= 4 is 22.9 Å². The first-order valence-corrected chi connectivity index (χ1v) is 6.36. The molecular weight excluding hydrogens is 218 g/mol. The number of rotatable bonds is 3. The van der Waals surface area contributed by atoms with Crippen LogP contribution in [-0.4, -0.2) is 24.5 Å². The van der Waals surface area contributed by atoms with Crippen LogP contribution >= 0.6 is 11.8 Å². The molecule has 0 fully saturated rings. The van der Waals surface area contributed by atoms with Crippen molar-refractivity contribution in [3.05, 3.63) is 35.9 Å². The molecule has 3 heteroatoms. The van der Waals surface area contributed by atoms with Crippen molar-refractivity contribution in [1.29, 1.82) is 0 Å². The van der Waals surface area contributed by atoms with Crippen molar-refractivity contribution in [3.63, 3.8) is 0 Å². The zero-order valence-electron chi connectivity index (χ0n) is 9.35. The van der Waals surface area contributed by atoms with Crippen molar-refractivity contribution in [1.82, 2.24) is 0 Å². The van der Waals surface area contributed by atoms with E-state index < -0.39 is 0 Å². The topological polar surface area (TPSA) is 21.6 Å². The molecule has 0 bridgehead atoms. The number of aliphatic imine (C=N–C) groups is 1. The molecule has 0 amide bonds. The van der Waals surface area contributed by atoms with Crippen LogP contribution < -0.4 is 4.74 Å². The lowest BCUT2D eigenvalue weighted by molar-refractivity contribution is 0.414. The molecule has 0 radical (unpaired) electrons. The maximum atomic E-state index is 5.18. The highest BCUT2D eigenvalue weighted by Gasteiger charge is 2.01. The minimum Gasteiger partial charge on any atom is -0.497 e. The minimum absolute atomic E-state index is 0.889. The number of hydrogen-bond acceptors (Lipinski definition) is 3. The van der Waals surface area contributed by atoms with E-state index in [2.05, 4.69) is 23.2 Å². The lowest BCUT2D eigenvalue weighted by Gasteiger charge is -2.06. The Hall–Kier alpha value is -1.22. The van der Waals surface area contributed by atoms with Crippen molar-refractivity contribution in [2.75, 3.05) is 19.4 Å². The Morgan fingerprint density at radius 3 is 3.06 bits per heavy atom. The highest BCUT2D eigenvalue weighted by molar-refractivity contribution is 8.14. The third-order valence-corrected chi connectivity index (χ3v) is 3.39. The molecule has 0 aliphatic carbocycles. The van der Waals surface area contributed by atoms with Crippen LogP contribution in [0.15, 0.2) is 35.3 Å². The van der Waals surface area contributed by atoms with Gasteiger partial charge in [-0.3, -0.25) is 4.99 Å². The Morgan fingerprint density at radius 2 is 2.31 bits per heavy atom. The van der Waals surface area contributed by atoms with E-state index in [0.717, 1.165) is 22.9 Å². The summed E-state index contributed by atoms with van der Waals surface area (Å²) in [6, 6.07) is 8.02. The summed E-state index contributed by atoms with van der Waals surface area (Å²) in [7, 11) is 1.68. The molecule has 0 spiro atoms. The van der Waals surface area contributed by atoms with Gasteiger partial charge in [0.1, 0.15) is 5.75 Å². The van der Waals surface area contributed by atoms with Gasteiger partial charge in [0.25, 0.3) is 0 Å². The predicted molar refractivity (Wildman–Crippen MR) is 71.4 cm³/mol. The molecule has 1 aromatic rings. The predicted octanol–water partition coefficient (Wildman–Crippen LogP) is 3.24. The Kier molecular flexibility index (Phi) is 4.05. The van der Waals surface area contributed by atoms with E-state index in [9.17, 15) is 0 Å². The molecule has 0 saturated heterocycles. The molecule has 16 heavy (non-hydrogen) atoms. The smallest absolute Gasteiger partial charge is 0.119 e. The molecule has 84 valence electrons. The summed E-state index contributed by atoms with van der Waals surface area (Å²) in [5.74, 6) is 2.07.